The first-order valence-corrected chi connectivity index (χ1v) is 10.9. The van der Waals surface area contributed by atoms with E-state index in [0.29, 0.717) is 36.9 Å². The number of sulfonamides is 1. The normalized spacial score (nSPS) is 28.2. The van der Waals surface area contributed by atoms with Crippen LogP contribution in [0.15, 0.2) is 29.2 Å². The van der Waals surface area contributed by atoms with Gasteiger partial charge in [0.1, 0.15) is 0 Å². The van der Waals surface area contributed by atoms with Gasteiger partial charge in [-0.25, -0.2) is 8.42 Å². The van der Waals surface area contributed by atoms with Gasteiger partial charge >= 0.3 is 0 Å². The Morgan fingerprint density at radius 1 is 1.08 bits per heavy atom. The number of benzene rings is 1. The molecule has 144 valence electrons. The van der Waals surface area contributed by atoms with Gasteiger partial charge in [-0.15, -0.1) is 0 Å². The highest BCUT2D eigenvalue weighted by molar-refractivity contribution is 7.89. The molecule has 26 heavy (non-hydrogen) atoms. The predicted molar refractivity (Wildman–Crippen MR) is 103 cm³/mol. The summed E-state index contributed by atoms with van der Waals surface area (Å²) in [7, 11) is -3.51. The summed E-state index contributed by atoms with van der Waals surface area (Å²) < 4.78 is 27.8. The molecule has 0 unspecified atom stereocenters. The van der Waals surface area contributed by atoms with Crippen molar-refractivity contribution in [2.45, 2.75) is 69.5 Å². The Morgan fingerprint density at radius 3 is 2.27 bits per heavy atom. The van der Waals surface area contributed by atoms with E-state index in [4.69, 9.17) is 0 Å². The number of carbonyl (C=O) groups excluding carboxylic acids is 1. The summed E-state index contributed by atoms with van der Waals surface area (Å²) in [6, 6.07) is 7.77. The topological polar surface area (TPSA) is 69.7 Å². The van der Waals surface area contributed by atoms with Gasteiger partial charge in [-0.2, -0.15) is 4.31 Å². The molecule has 2 saturated heterocycles. The van der Waals surface area contributed by atoms with Crippen molar-refractivity contribution < 1.29 is 13.2 Å². The third-order valence-electron chi connectivity index (χ3n) is 5.61. The van der Waals surface area contributed by atoms with E-state index in [1.54, 1.807) is 28.6 Å². The average molecular weight is 380 g/mol. The third-order valence-corrected chi connectivity index (χ3v) is 7.49. The van der Waals surface area contributed by atoms with Gasteiger partial charge in [0.15, 0.2) is 0 Å². The maximum Gasteiger partial charge on any atom is 0.243 e. The van der Waals surface area contributed by atoms with Gasteiger partial charge in [0, 0.05) is 43.8 Å². The highest BCUT2D eigenvalue weighted by Gasteiger charge is 2.38. The van der Waals surface area contributed by atoms with Gasteiger partial charge in [0.25, 0.3) is 0 Å². The van der Waals surface area contributed by atoms with Crippen molar-refractivity contribution in [1.29, 1.82) is 0 Å². The number of nitrogens with zero attached hydrogens (tertiary/aromatic N) is 2. The highest BCUT2D eigenvalue weighted by Crippen LogP contribution is 2.31. The molecule has 0 spiro atoms. The van der Waals surface area contributed by atoms with Crippen LogP contribution in [-0.2, 0) is 14.8 Å². The smallest absolute Gasteiger partial charge is 0.243 e. The first kappa shape index (κ1) is 19.3. The molecule has 6 nitrogen and oxygen atoms in total. The summed E-state index contributed by atoms with van der Waals surface area (Å²) in [5, 5.41) is 2.66. The molecule has 2 aliphatic heterocycles. The minimum Gasteiger partial charge on any atom is -0.326 e. The first-order valence-electron chi connectivity index (χ1n) is 9.44. The Balaban J connectivity index is 1.75. The Labute approximate surface area is 156 Å². The first-order chi connectivity index (χ1) is 12.3. The van der Waals surface area contributed by atoms with Crippen LogP contribution in [-0.4, -0.2) is 54.7 Å². The molecule has 3 atom stereocenters. The molecule has 3 rings (SSSR count). The van der Waals surface area contributed by atoms with Crippen molar-refractivity contribution >= 4 is 21.6 Å². The van der Waals surface area contributed by atoms with E-state index in [9.17, 15) is 13.2 Å². The fraction of sp³-hybridized carbons (Fsp3) is 0.632. The molecule has 0 aromatic heterocycles. The quantitative estimate of drug-likeness (QED) is 0.873. The zero-order valence-corrected chi connectivity index (χ0v) is 16.6. The zero-order valence-electron chi connectivity index (χ0n) is 15.8. The van der Waals surface area contributed by atoms with Gasteiger partial charge < -0.3 is 5.32 Å². The van der Waals surface area contributed by atoms with Gasteiger partial charge in [-0.1, -0.05) is 0 Å². The number of likely N-dealkylation sites (tertiary alicyclic amines) is 1. The zero-order chi connectivity index (χ0) is 18.9. The molecule has 7 heteroatoms. The second-order valence-electron chi connectivity index (χ2n) is 7.59. The van der Waals surface area contributed by atoms with E-state index < -0.39 is 10.0 Å². The second kappa shape index (κ2) is 7.66. The number of hydrogen-bond acceptors (Lipinski definition) is 4. The van der Waals surface area contributed by atoms with E-state index >= 15 is 0 Å². The molecule has 0 saturated carbocycles. The standard InChI is InChI=1S/C19H29N3O3S/c1-14-6-7-15(2)22(14)18-5-4-12-21(13-18)26(24,25)19-10-8-17(9-11-19)20-16(3)23/h8-11,14-15,18H,4-7,12-13H2,1-3H3,(H,20,23)/t14-,15-,18+/m1/s1. The second-order valence-corrected chi connectivity index (χ2v) is 9.53. The predicted octanol–water partition coefficient (Wildman–Crippen LogP) is 2.67. The Kier molecular flexibility index (Phi) is 5.69. The van der Waals surface area contributed by atoms with Crippen molar-refractivity contribution in [3.63, 3.8) is 0 Å². The van der Waals surface area contributed by atoms with Crippen molar-refractivity contribution in [2.75, 3.05) is 18.4 Å². The molecular formula is C19H29N3O3S. The summed E-state index contributed by atoms with van der Waals surface area (Å²) in [6.07, 6.45) is 4.33. The lowest BCUT2D eigenvalue weighted by Gasteiger charge is -2.41. The highest BCUT2D eigenvalue weighted by atomic mass is 32.2. The molecule has 2 aliphatic rings. The fourth-order valence-corrected chi connectivity index (χ4v) is 5.90. The average Bonchev–Trinajstić information content (AvgIpc) is 2.93. The van der Waals surface area contributed by atoms with Crippen LogP contribution in [0.2, 0.25) is 0 Å². The molecule has 2 heterocycles. The molecule has 1 aromatic carbocycles. The van der Waals surface area contributed by atoms with E-state index in [-0.39, 0.29) is 10.8 Å². The molecule has 0 radical (unpaired) electrons. The maximum atomic E-state index is 13.1. The summed E-state index contributed by atoms with van der Waals surface area (Å²) in [6.45, 7) is 7.06. The minimum atomic E-state index is -3.51. The van der Waals surface area contributed by atoms with E-state index in [2.05, 4.69) is 24.1 Å². The molecule has 2 fully saturated rings. The van der Waals surface area contributed by atoms with Crippen LogP contribution in [0.1, 0.15) is 46.5 Å². The van der Waals surface area contributed by atoms with Crippen molar-refractivity contribution in [3.05, 3.63) is 24.3 Å². The molecule has 1 N–H and O–H groups in total. The Hall–Kier alpha value is -1.44. The third kappa shape index (κ3) is 3.94. The summed E-state index contributed by atoms with van der Waals surface area (Å²) in [5.41, 5.74) is 0.604. The number of amides is 1. The van der Waals surface area contributed by atoms with E-state index in [1.807, 2.05) is 0 Å². The fourth-order valence-electron chi connectivity index (χ4n) is 4.38. The molecule has 0 aliphatic carbocycles. The molecule has 1 amide bonds. The minimum absolute atomic E-state index is 0.173. The lowest BCUT2D eigenvalue weighted by molar-refractivity contribution is -0.114. The lowest BCUT2D eigenvalue weighted by atomic mass is 10.0. The van der Waals surface area contributed by atoms with Gasteiger partial charge in [-0.05, 0) is 63.8 Å². The largest absolute Gasteiger partial charge is 0.326 e. The maximum absolute atomic E-state index is 13.1. The van der Waals surface area contributed by atoms with Crippen LogP contribution < -0.4 is 5.32 Å². The van der Waals surface area contributed by atoms with Gasteiger partial charge in [0.2, 0.25) is 15.9 Å². The summed E-state index contributed by atoms with van der Waals surface area (Å²) in [4.78, 5) is 13.9. The van der Waals surface area contributed by atoms with Crippen LogP contribution in [0.4, 0.5) is 5.69 Å². The molecule has 1 aromatic rings. The van der Waals surface area contributed by atoms with Gasteiger partial charge in [0.05, 0.1) is 4.90 Å². The van der Waals surface area contributed by atoms with E-state index in [1.165, 1.54) is 19.8 Å². The van der Waals surface area contributed by atoms with Crippen LogP contribution in [0.5, 0.6) is 0 Å². The lowest BCUT2D eigenvalue weighted by Crippen LogP contribution is -2.52. The molecular weight excluding hydrogens is 350 g/mol. The number of carbonyl (C=O) groups is 1. The van der Waals surface area contributed by atoms with Crippen molar-refractivity contribution in [1.82, 2.24) is 9.21 Å². The number of hydrogen-bond donors (Lipinski definition) is 1. The number of anilines is 1. The van der Waals surface area contributed by atoms with Crippen molar-refractivity contribution in [2.24, 2.45) is 0 Å². The van der Waals surface area contributed by atoms with Crippen LogP contribution >= 0.6 is 0 Å². The number of piperidine rings is 1. The Morgan fingerprint density at radius 2 is 1.69 bits per heavy atom. The van der Waals surface area contributed by atoms with Crippen LogP contribution in [0.3, 0.4) is 0 Å². The molecule has 0 bridgehead atoms. The number of rotatable bonds is 4. The summed E-state index contributed by atoms with van der Waals surface area (Å²) >= 11 is 0. The van der Waals surface area contributed by atoms with Crippen LogP contribution in [0, 0.1) is 0 Å². The summed E-state index contributed by atoms with van der Waals surface area (Å²) in [5.74, 6) is -0.173. The Bertz CT molecular complexity index is 738. The number of nitrogens with one attached hydrogen (secondary N) is 1. The van der Waals surface area contributed by atoms with E-state index in [0.717, 1.165) is 12.8 Å². The SMILES string of the molecule is CC(=O)Nc1ccc(S(=O)(=O)N2CCC[C@H](N3[C@H](C)CC[C@H]3C)C2)cc1. The van der Waals surface area contributed by atoms with Crippen LogP contribution in [0.25, 0.3) is 0 Å². The monoisotopic (exact) mass is 379 g/mol. The van der Waals surface area contributed by atoms with Crippen molar-refractivity contribution in [3.8, 4) is 0 Å². The van der Waals surface area contributed by atoms with Gasteiger partial charge in [-0.3, -0.25) is 9.69 Å².